The molecular weight excluding hydrogens is 228 g/mol. The largest absolute Gasteiger partial charge is 0.454 e. The van der Waals surface area contributed by atoms with E-state index in [0.29, 0.717) is 6.79 Å². The van der Waals surface area contributed by atoms with Crippen molar-refractivity contribution in [2.75, 3.05) is 6.79 Å². The van der Waals surface area contributed by atoms with Gasteiger partial charge in [-0.3, -0.25) is 0 Å². The first-order chi connectivity index (χ1) is 8.63. The van der Waals surface area contributed by atoms with E-state index in [9.17, 15) is 5.11 Å². The summed E-state index contributed by atoms with van der Waals surface area (Å²) in [6, 6.07) is 5.99. The SMILES string of the molecule is CCCC(c1ccc2c(c1)OCO2)C(O)C(C)C. The molecule has 0 saturated carbocycles. The zero-order chi connectivity index (χ0) is 13.1. The van der Waals surface area contributed by atoms with Crippen LogP contribution in [0.2, 0.25) is 0 Å². The van der Waals surface area contributed by atoms with Gasteiger partial charge in [-0.15, -0.1) is 0 Å². The Kier molecular flexibility index (Phi) is 4.12. The van der Waals surface area contributed by atoms with Gasteiger partial charge in [-0.1, -0.05) is 33.3 Å². The van der Waals surface area contributed by atoms with Gasteiger partial charge in [0.1, 0.15) is 0 Å². The van der Waals surface area contributed by atoms with Crippen molar-refractivity contribution in [2.24, 2.45) is 5.92 Å². The van der Waals surface area contributed by atoms with Crippen LogP contribution in [0.25, 0.3) is 0 Å². The summed E-state index contributed by atoms with van der Waals surface area (Å²) in [6.45, 7) is 6.55. The van der Waals surface area contributed by atoms with E-state index in [1.54, 1.807) is 0 Å². The minimum Gasteiger partial charge on any atom is -0.454 e. The molecule has 2 rings (SSSR count). The average molecular weight is 250 g/mol. The van der Waals surface area contributed by atoms with Crippen LogP contribution in [0.15, 0.2) is 18.2 Å². The molecule has 2 atom stereocenters. The highest BCUT2D eigenvalue weighted by molar-refractivity contribution is 5.45. The van der Waals surface area contributed by atoms with E-state index in [0.717, 1.165) is 29.9 Å². The highest BCUT2D eigenvalue weighted by Crippen LogP contribution is 2.37. The number of aliphatic hydroxyl groups is 1. The molecule has 1 heterocycles. The molecule has 1 aromatic rings. The van der Waals surface area contributed by atoms with Crippen LogP contribution in [0.1, 0.15) is 45.1 Å². The zero-order valence-corrected chi connectivity index (χ0v) is 11.3. The Labute approximate surface area is 109 Å². The monoisotopic (exact) mass is 250 g/mol. The quantitative estimate of drug-likeness (QED) is 0.871. The Balaban J connectivity index is 2.25. The molecule has 1 aliphatic heterocycles. The van der Waals surface area contributed by atoms with Crippen molar-refractivity contribution >= 4 is 0 Å². The molecule has 0 fully saturated rings. The number of aliphatic hydroxyl groups excluding tert-OH is 1. The third-order valence-electron chi connectivity index (χ3n) is 3.52. The molecule has 18 heavy (non-hydrogen) atoms. The van der Waals surface area contributed by atoms with Crippen LogP contribution in [0, 0.1) is 5.92 Å². The molecule has 0 saturated heterocycles. The lowest BCUT2D eigenvalue weighted by molar-refractivity contribution is 0.0922. The summed E-state index contributed by atoms with van der Waals surface area (Å²) < 4.78 is 10.7. The van der Waals surface area contributed by atoms with Gasteiger partial charge in [-0.25, -0.2) is 0 Å². The van der Waals surface area contributed by atoms with Gasteiger partial charge in [0.05, 0.1) is 6.10 Å². The van der Waals surface area contributed by atoms with Crippen LogP contribution in [0.4, 0.5) is 0 Å². The minimum absolute atomic E-state index is 0.171. The van der Waals surface area contributed by atoms with Crippen LogP contribution in [0.5, 0.6) is 11.5 Å². The lowest BCUT2D eigenvalue weighted by atomic mass is 9.84. The molecule has 0 spiro atoms. The highest BCUT2D eigenvalue weighted by atomic mass is 16.7. The lowest BCUT2D eigenvalue weighted by Crippen LogP contribution is -2.24. The van der Waals surface area contributed by atoms with Gasteiger partial charge in [0.15, 0.2) is 11.5 Å². The van der Waals surface area contributed by atoms with E-state index in [2.05, 4.69) is 20.8 Å². The van der Waals surface area contributed by atoms with E-state index >= 15 is 0 Å². The maximum Gasteiger partial charge on any atom is 0.231 e. The third kappa shape index (κ3) is 2.61. The molecule has 1 aliphatic rings. The second kappa shape index (κ2) is 5.61. The predicted molar refractivity (Wildman–Crippen MR) is 71.1 cm³/mol. The summed E-state index contributed by atoms with van der Waals surface area (Å²) in [5, 5.41) is 10.3. The van der Waals surface area contributed by atoms with Crippen LogP contribution in [-0.4, -0.2) is 18.0 Å². The van der Waals surface area contributed by atoms with E-state index in [-0.39, 0.29) is 17.9 Å². The van der Waals surface area contributed by atoms with Gasteiger partial charge in [0.25, 0.3) is 0 Å². The molecule has 1 N–H and O–H groups in total. The molecule has 3 heteroatoms. The Hall–Kier alpha value is -1.22. The Morgan fingerprint density at radius 3 is 2.61 bits per heavy atom. The fourth-order valence-electron chi connectivity index (χ4n) is 2.45. The number of ether oxygens (including phenoxy) is 2. The van der Waals surface area contributed by atoms with Gasteiger partial charge in [0, 0.05) is 5.92 Å². The number of rotatable bonds is 5. The second-order valence-corrected chi connectivity index (χ2v) is 5.24. The highest BCUT2D eigenvalue weighted by Gasteiger charge is 2.25. The normalized spacial score (nSPS) is 16.9. The summed E-state index contributed by atoms with van der Waals surface area (Å²) in [4.78, 5) is 0. The third-order valence-corrected chi connectivity index (χ3v) is 3.52. The fourth-order valence-corrected chi connectivity index (χ4v) is 2.45. The summed E-state index contributed by atoms with van der Waals surface area (Å²) >= 11 is 0. The molecule has 100 valence electrons. The topological polar surface area (TPSA) is 38.7 Å². The van der Waals surface area contributed by atoms with Crippen LogP contribution in [0.3, 0.4) is 0 Å². The molecule has 0 amide bonds. The molecule has 0 bridgehead atoms. The summed E-state index contributed by atoms with van der Waals surface area (Å²) in [7, 11) is 0. The minimum atomic E-state index is -0.315. The number of fused-ring (bicyclic) bond motifs is 1. The van der Waals surface area contributed by atoms with Gasteiger partial charge >= 0.3 is 0 Å². The molecule has 3 nitrogen and oxygen atoms in total. The van der Waals surface area contributed by atoms with Crippen molar-refractivity contribution in [3.05, 3.63) is 23.8 Å². The number of benzene rings is 1. The van der Waals surface area contributed by atoms with Gasteiger partial charge in [-0.2, -0.15) is 0 Å². The smallest absolute Gasteiger partial charge is 0.231 e. The zero-order valence-electron chi connectivity index (χ0n) is 11.3. The van der Waals surface area contributed by atoms with E-state index < -0.39 is 0 Å². The molecule has 2 unspecified atom stereocenters. The van der Waals surface area contributed by atoms with Crippen LogP contribution >= 0.6 is 0 Å². The van der Waals surface area contributed by atoms with E-state index in [1.165, 1.54) is 0 Å². The van der Waals surface area contributed by atoms with Gasteiger partial charge in [-0.05, 0) is 30.0 Å². The summed E-state index contributed by atoms with van der Waals surface area (Å²) in [5.41, 5.74) is 1.14. The molecular formula is C15H22O3. The summed E-state index contributed by atoms with van der Waals surface area (Å²) in [5.74, 6) is 2.02. The van der Waals surface area contributed by atoms with Crippen molar-refractivity contribution < 1.29 is 14.6 Å². The standard InChI is InChI=1S/C15H22O3/c1-4-5-12(15(16)10(2)3)11-6-7-13-14(8-11)18-9-17-13/h6-8,10,12,15-16H,4-5,9H2,1-3H3. The maximum absolute atomic E-state index is 10.3. The molecule has 0 radical (unpaired) electrons. The first-order valence-corrected chi connectivity index (χ1v) is 6.71. The van der Waals surface area contributed by atoms with Crippen molar-refractivity contribution in [2.45, 2.75) is 45.6 Å². The first-order valence-electron chi connectivity index (χ1n) is 6.71. The van der Waals surface area contributed by atoms with Crippen LogP contribution < -0.4 is 9.47 Å². The van der Waals surface area contributed by atoms with E-state index in [4.69, 9.17) is 9.47 Å². The van der Waals surface area contributed by atoms with Crippen molar-refractivity contribution in [3.8, 4) is 11.5 Å². The van der Waals surface area contributed by atoms with Gasteiger partial charge < -0.3 is 14.6 Å². The van der Waals surface area contributed by atoms with Crippen molar-refractivity contribution in [1.82, 2.24) is 0 Å². The fraction of sp³-hybridized carbons (Fsp3) is 0.600. The number of hydrogen-bond donors (Lipinski definition) is 1. The average Bonchev–Trinajstić information content (AvgIpc) is 2.82. The lowest BCUT2D eigenvalue weighted by Gasteiger charge is -2.26. The van der Waals surface area contributed by atoms with E-state index in [1.807, 2.05) is 18.2 Å². The van der Waals surface area contributed by atoms with Crippen molar-refractivity contribution in [3.63, 3.8) is 0 Å². The number of hydrogen-bond acceptors (Lipinski definition) is 3. The molecule has 0 aromatic heterocycles. The Bertz CT molecular complexity index is 401. The Morgan fingerprint density at radius 2 is 1.94 bits per heavy atom. The first kappa shape index (κ1) is 13.2. The second-order valence-electron chi connectivity index (χ2n) is 5.24. The Morgan fingerprint density at radius 1 is 1.22 bits per heavy atom. The molecule has 1 aromatic carbocycles. The van der Waals surface area contributed by atoms with Crippen molar-refractivity contribution in [1.29, 1.82) is 0 Å². The van der Waals surface area contributed by atoms with Crippen LogP contribution in [-0.2, 0) is 0 Å². The summed E-state index contributed by atoms with van der Waals surface area (Å²) in [6.07, 6.45) is 1.73. The molecule has 0 aliphatic carbocycles. The predicted octanol–water partition coefficient (Wildman–Crippen LogP) is 3.32. The maximum atomic E-state index is 10.3. The van der Waals surface area contributed by atoms with Gasteiger partial charge in [0.2, 0.25) is 6.79 Å².